The number of fused-ring (bicyclic) bond motifs is 1. The van der Waals surface area contributed by atoms with Gasteiger partial charge in [0.25, 0.3) is 11.6 Å². The van der Waals surface area contributed by atoms with Crippen LogP contribution < -0.4 is 10.0 Å². The number of nitrogens with zero attached hydrogens (tertiary/aromatic N) is 1. The molecule has 1 aliphatic rings. The number of benzene rings is 3. The number of amides is 1. The molecule has 0 aliphatic heterocycles. The summed E-state index contributed by atoms with van der Waals surface area (Å²) < 4.78 is 48.2. The molecule has 0 unspecified atom stereocenters. The maximum Gasteiger partial charge on any atom is 0.342 e. The summed E-state index contributed by atoms with van der Waals surface area (Å²) in [5.41, 5.74) is 0.647. The van der Waals surface area contributed by atoms with E-state index in [1.807, 2.05) is 0 Å². The van der Waals surface area contributed by atoms with Crippen LogP contribution in [0.15, 0.2) is 59.0 Å². The van der Waals surface area contributed by atoms with Gasteiger partial charge in [-0.2, -0.15) is 0 Å². The number of nitro benzene ring substituents is 1. The lowest BCUT2D eigenvalue weighted by Gasteiger charge is -2.12. The van der Waals surface area contributed by atoms with Crippen molar-refractivity contribution in [2.24, 2.45) is 0 Å². The summed E-state index contributed by atoms with van der Waals surface area (Å²) >= 11 is 0. The van der Waals surface area contributed by atoms with Gasteiger partial charge in [-0.3, -0.25) is 19.6 Å². The topological polar surface area (TPSA) is 169 Å². The molecule has 3 aromatic carbocycles. The van der Waals surface area contributed by atoms with E-state index in [9.17, 15) is 37.6 Å². The maximum atomic E-state index is 13.5. The van der Waals surface area contributed by atoms with Gasteiger partial charge in [-0.15, -0.1) is 0 Å². The number of furan rings is 1. The molecule has 3 N–H and O–H groups in total. The Balaban J connectivity index is 1.56. The molecule has 1 heterocycles. The normalized spacial score (nSPS) is 13.2. The lowest BCUT2D eigenvalue weighted by molar-refractivity contribution is -0.385. The van der Waals surface area contributed by atoms with Crippen molar-refractivity contribution in [3.05, 3.63) is 92.8 Å². The molecule has 1 saturated carbocycles. The van der Waals surface area contributed by atoms with E-state index in [0.717, 1.165) is 36.6 Å². The molecule has 5 rings (SSSR count). The predicted molar refractivity (Wildman–Crippen MR) is 143 cm³/mol. The Morgan fingerprint density at radius 2 is 1.82 bits per heavy atom. The number of carboxylic acid groups (broad SMARTS) is 1. The average Bonchev–Trinajstić information content (AvgIpc) is 3.68. The zero-order valence-corrected chi connectivity index (χ0v) is 21.7. The fourth-order valence-corrected chi connectivity index (χ4v) is 5.82. The molecule has 11 nitrogen and oxygen atoms in total. The minimum Gasteiger partial charge on any atom is -0.477 e. The van der Waals surface area contributed by atoms with Crippen LogP contribution in [-0.4, -0.2) is 37.4 Å². The highest BCUT2D eigenvalue weighted by molar-refractivity contribution is 7.91. The van der Waals surface area contributed by atoms with E-state index in [4.69, 9.17) is 4.42 Å². The van der Waals surface area contributed by atoms with E-state index in [0.29, 0.717) is 16.5 Å². The van der Waals surface area contributed by atoms with Crippen LogP contribution in [0.3, 0.4) is 0 Å². The number of carbonyl (C=O) groups excluding carboxylic acids is 1. The molecule has 1 amide bonds. The smallest absolute Gasteiger partial charge is 0.342 e. The van der Waals surface area contributed by atoms with Crippen molar-refractivity contribution >= 4 is 44.2 Å². The fraction of sp³-hybridized carbons (Fsp3) is 0.185. The Morgan fingerprint density at radius 3 is 2.42 bits per heavy atom. The number of anilines is 1. The molecule has 1 aliphatic carbocycles. The Morgan fingerprint density at radius 1 is 1.12 bits per heavy atom. The van der Waals surface area contributed by atoms with Crippen molar-refractivity contribution in [1.29, 1.82) is 0 Å². The molecular formula is C27H22FN3O8S. The van der Waals surface area contributed by atoms with Gasteiger partial charge in [0.1, 0.15) is 22.7 Å². The Hall–Kier alpha value is -4.78. The molecule has 4 aromatic rings. The molecule has 0 bridgehead atoms. The lowest BCUT2D eigenvalue weighted by Crippen LogP contribution is -2.18. The molecular weight excluding hydrogens is 545 g/mol. The van der Waals surface area contributed by atoms with Gasteiger partial charge in [0.05, 0.1) is 16.2 Å². The number of rotatable bonds is 9. The molecule has 1 fully saturated rings. The van der Waals surface area contributed by atoms with Gasteiger partial charge in [-0.25, -0.2) is 17.6 Å². The minimum absolute atomic E-state index is 0.0781. The molecule has 206 valence electrons. The zero-order chi connectivity index (χ0) is 28.8. The van der Waals surface area contributed by atoms with Gasteiger partial charge in [0.2, 0.25) is 10.0 Å². The van der Waals surface area contributed by atoms with Gasteiger partial charge in [-0.05, 0) is 78.4 Å². The first-order valence-corrected chi connectivity index (χ1v) is 13.7. The first-order valence-electron chi connectivity index (χ1n) is 12.1. The molecule has 40 heavy (non-hydrogen) atoms. The molecule has 0 radical (unpaired) electrons. The second-order valence-corrected chi connectivity index (χ2v) is 11.1. The van der Waals surface area contributed by atoms with Crippen LogP contribution in [0.4, 0.5) is 15.8 Å². The van der Waals surface area contributed by atoms with Crippen LogP contribution in [0.25, 0.3) is 22.3 Å². The van der Waals surface area contributed by atoms with Crippen molar-refractivity contribution < 1.29 is 36.8 Å². The number of carboxylic acids is 1. The maximum absolute atomic E-state index is 13.5. The van der Waals surface area contributed by atoms with Crippen LogP contribution in [0, 0.1) is 15.9 Å². The van der Waals surface area contributed by atoms with Gasteiger partial charge in [0.15, 0.2) is 0 Å². The zero-order valence-electron chi connectivity index (χ0n) is 20.9. The average molecular weight is 568 g/mol. The standard InChI is InChI=1S/C27H22FN3O8S/c1-29-26(32)24-21-12-19(14-2-3-14)16(10-23(21)39-25(24)15-4-6-17(28)7-5-15)13-40(37,38)30-18-8-9-22(31(35)36)20(11-18)27(33)34/h4-12,14,30H,2-3,13H2,1H3,(H,29,32)(H,33,34). The quantitative estimate of drug-likeness (QED) is 0.187. The van der Waals surface area contributed by atoms with Crippen molar-refractivity contribution in [3.63, 3.8) is 0 Å². The van der Waals surface area contributed by atoms with Crippen molar-refractivity contribution in [2.45, 2.75) is 24.5 Å². The van der Waals surface area contributed by atoms with Crippen LogP contribution in [0.5, 0.6) is 0 Å². The number of aromatic carboxylic acids is 1. The van der Waals surface area contributed by atoms with Crippen LogP contribution in [0.2, 0.25) is 0 Å². The summed E-state index contributed by atoms with van der Waals surface area (Å²) in [6, 6.07) is 11.7. The van der Waals surface area contributed by atoms with Crippen molar-refractivity contribution in [3.8, 4) is 11.3 Å². The largest absolute Gasteiger partial charge is 0.477 e. The monoisotopic (exact) mass is 567 g/mol. The fourth-order valence-electron chi connectivity index (χ4n) is 4.61. The second-order valence-electron chi connectivity index (χ2n) is 9.37. The summed E-state index contributed by atoms with van der Waals surface area (Å²) in [5, 5.41) is 23.5. The van der Waals surface area contributed by atoms with Gasteiger partial charge in [-0.1, -0.05) is 0 Å². The summed E-state index contributed by atoms with van der Waals surface area (Å²) in [4.78, 5) is 34.6. The minimum atomic E-state index is -4.12. The third-order valence-electron chi connectivity index (χ3n) is 6.57. The van der Waals surface area contributed by atoms with Gasteiger partial charge in [0, 0.05) is 29.8 Å². The van der Waals surface area contributed by atoms with Gasteiger partial charge < -0.3 is 14.8 Å². The molecule has 0 saturated heterocycles. The number of halogens is 1. The Labute approximate surface area is 226 Å². The Bertz CT molecular complexity index is 1790. The van der Waals surface area contributed by atoms with E-state index >= 15 is 0 Å². The summed E-state index contributed by atoms with van der Waals surface area (Å²) in [6.45, 7) is 0. The van der Waals surface area contributed by atoms with E-state index in [1.54, 1.807) is 12.1 Å². The first kappa shape index (κ1) is 26.8. The highest BCUT2D eigenvalue weighted by Gasteiger charge is 2.31. The highest BCUT2D eigenvalue weighted by Crippen LogP contribution is 2.45. The second kappa shape index (κ2) is 10.1. The number of hydrogen-bond acceptors (Lipinski definition) is 7. The summed E-state index contributed by atoms with van der Waals surface area (Å²) in [7, 11) is -2.65. The number of nitrogens with one attached hydrogen (secondary N) is 2. The molecule has 13 heteroatoms. The first-order chi connectivity index (χ1) is 19.0. The van der Waals surface area contributed by atoms with E-state index in [1.165, 1.54) is 31.3 Å². The summed E-state index contributed by atoms with van der Waals surface area (Å²) in [6.07, 6.45) is 1.66. The third-order valence-corrected chi connectivity index (χ3v) is 7.81. The van der Waals surface area contributed by atoms with Crippen molar-refractivity contribution in [1.82, 2.24) is 5.32 Å². The number of carbonyl (C=O) groups is 2. The van der Waals surface area contributed by atoms with Crippen LogP contribution >= 0.6 is 0 Å². The van der Waals surface area contributed by atoms with Crippen LogP contribution in [0.1, 0.15) is 50.6 Å². The number of sulfonamides is 1. The molecule has 0 spiro atoms. The van der Waals surface area contributed by atoms with E-state index in [2.05, 4.69) is 10.0 Å². The number of nitro groups is 1. The predicted octanol–water partition coefficient (Wildman–Crippen LogP) is 5.02. The molecule has 1 aromatic heterocycles. The SMILES string of the molecule is CNC(=O)c1c(-c2ccc(F)cc2)oc2cc(CS(=O)(=O)Nc3ccc([N+](=O)[O-])c(C(=O)O)c3)c(C3CC3)cc12. The lowest BCUT2D eigenvalue weighted by atomic mass is 9.98. The van der Waals surface area contributed by atoms with Gasteiger partial charge >= 0.3 is 5.97 Å². The van der Waals surface area contributed by atoms with E-state index < -0.39 is 49.6 Å². The van der Waals surface area contributed by atoms with E-state index in [-0.39, 0.29) is 28.5 Å². The van der Waals surface area contributed by atoms with Crippen LogP contribution in [-0.2, 0) is 15.8 Å². The van der Waals surface area contributed by atoms with Crippen molar-refractivity contribution in [2.75, 3.05) is 11.8 Å². The third kappa shape index (κ3) is 5.23. The summed E-state index contributed by atoms with van der Waals surface area (Å²) in [5.74, 6) is -2.67. The Kier molecular flexibility index (Phi) is 6.75. The highest BCUT2D eigenvalue weighted by atomic mass is 32.2. The number of hydrogen-bond donors (Lipinski definition) is 3. The molecule has 0 atom stereocenters.